The smallest absolute Gasteiger partial charge is 0.231 e. The van der Waals surface area contributed by atoms with E-state index in [0.717, 1.165) is 28.6 Å². The van der Waals surface area contributed by atoms with Crippen molar-refractivity contribution in [2.75, 3.05) is 18.5 Å². The second kappa shape index (κ2) is 6.29. The van der Waals surface area contributed by atoms with Crippen LogP contribution in [-0.4, -0.2) is 33.9 Å². The second-order valence-corrected chi connectivity index (χ2v) is 6.45. The van der Waals surface area contributed by atoms with Crippen LogP contribution in [0, 0.1) is 19.8 Å². The number of para-hydroxylation sites is 1. The van der Waals surface area contributed by atoms with Crippen LogP contribution in [0.25, 0.3) is 16.7 Å². The third-order valence-corrected chi connectivity index (χ3v) is 4.51. The Morgan fingerprint density at radius 3 is 2.92 bits per heavy atom. The summed E-state index contributed by atoms with van der Waals surface area (Å²) >= 11 is 0. The summed E-state index contributed by atoms with van der Waals surface area (Å²) < 4.78 is 7.00. The number of aryl methyl sites for hydroxylation is 2. The first-order valence-electron chi connectivity index (χ1n) is 8.44. The van der Waals surface area contributed by atoms with Crippen LogP contribution in [0.3, 0.4) is 0 Å². The lowest BCUT2D eigenvalue weighted by Crippen LogP contribution is -2.24. The summed E-state index contributed by atoms with van der Waals surface area (Å²) in [5.41, 5.74) is 2.85. The van der Waals surface area contributed by atoms with Crippen molar-refractivity contribution < 1.29 is 9.53 Å². The van der Waals surface area contributed by atoms with Crippen LogP contribution in [0.4, 0.5) is 5.82 Å². The van der Waals surface area contributed by atoms with Gasteiger partial charge in [-0.2, -0.15) is 9.78 Å². The molecular formula is C19H20N4O2. The van der Waals surface area contributed by atoms with Crippen LogP contribution in [-0.2, 0) is 9.53 Å². The number of aromatic nitrogens is 3. The fourth-order valence-electron chi connectivity index (χ4n) is 3.17. The number of amides is 1. The summed E-state index contributed by atoms with van der Waals surface area (Å²) in [4.78, 5) is 17.1. The second-order valence-electron chi connectivity index (χ2n) is 6.45. The lowest BCUT2D eigenvalue weighted by Gasteiger charge is -2.12. The molecule has 0 spiro atoms. The highest BCUT2D eigenvalue weighted by atomic mass is 16.5. The van der Waals surface area contributed by atoms with E-state index < -0.39 is 0 Å². The summed E-state index contributed by atoms with van der Waals surface area (Å²) in [6, 6.07) is 11.9. The van der Waals surface area contributed by atoms with Gasteiger partial charge in [-0.05, 0) is 38.0 Å². The highest BCUT2D eigenvalue weighted by Gasteiger charge is 2.25. The lowest BCUT2D eigenvalue weighted by atomic mass is 10.1. The number of benzene rings is 1. The number of carbonyl (C=O) groups is 1. The van der Waals surface area contributed by atoms with Crippen molar-refractivity contribution in [2.45, 2.75) is 20.3 Å². The number of pyridine rings is 1. The molecule has 1 atom stereocenters. The lowest BCUT2D eigenvalue weighted by molar-refractivity contribution is -0.119. The zero-order chi connectivity index (χ0) is 17.4. The van der Waals surface area contributed by atoms with Crippen molar-refractivity contribution in [3.05, 3.63) is 47.7 Å². The van der Waals surface area contributed by atoms with Crippen LogP contribution >= 0.6 is 0 Å². The summed E-state index contributed by atoms with van der Waals surface area (Å²) in [5.74, 6) is 1.20. The number of nitrogens with one attached hydrogen (secondary N) is 1. The molecule has 6 nitrogen and oxygen atoms in total. The molecule has 3 heterocycles. The Kier molecular flexibility index (Phi) is 3.97. The predicted molar refractivity (Wildman–Crippen MR) is 95.9 cm³/mol. The molecule has 1 aromatic carbocycles. The maximum absolute atomic E-state index is 12.4. The number of nitrogens with zero attached hydrogens (tertiary/aromatic N) is 3. The monoisotopic (exact) mass is 336 g/mol. The first kappa shape index (κ1) is 15.8. The normalized spacial score (nSPS) is 17.1. The van der Waals surface area contributed by atoms with Gasteiger partial charge in [0.1, 0.15) is 5.82 Å². The molecule has 6 heteroatoms. The molecular weight excluding hydrogens is 316 g/mol. The molecule has 2 aromatic heterocycles. The van der Waals surface area contributed by atoms with Gasteiger partial charge in [-0.3, -0.25) is 4.79 Å². The van der Waals surface area contributed by atoms with Crippen molar-refractivity contribution in [3.63, 3.8) is 0 Å². The average molecular weight is 336 g/mol. The number of anilines is 1. The first-order valence-corrected chi connectivity index (χ1v) is 8.44. The number of hydrogen-bond acceptors (Lipinski definition) is 4. The van der Waals surface area contributed by atoms with Crippen LogP contribution < -0.4 is 5.32 Å². The molecule has 3 aromatic rings. The molecule has 1 amide bonds. The molecule has 25 heavy (non-hydrogen) atoms. The number of ether oxygens (including phenoxy) is 1. The Bertz CT molecular complexity index is 942. The third-order valence-electron chi connectivity index (χ3n) is 4.51. The zero-order valence-corrected chi connectivity index (χ0v) is 14.3. The minimum Gasteiger partial charge on any atom is -0.381 e. The minimum absolute atomic E-state index is 0.0313. The van der Waals surface area contributed by atoms with E-state index in [1.807, 2.05) is 37.3 Å². The molecule has 0 aliphatic carbocycles. The highest BCUT2D eigenvalue weighted by molar-refractivity contribution is 5.92. The van der Waals surface area contributed by atoms with Gasteiger partial charge in [0.2, 0.25) is 5.91 Å². The van der Waals surface area contributed by atoms with E-state index >= 15 is 0 Å². The van der Waals surface area contributed by atoms with Crippen LogP contribution in [0.2, 0.25) is 0 Å². The molecule has 4 rings (SSSR count). The zero-order valence-electron chi connectivity index (χ0n) is 14.3. The van der Waals surface area contributed by atoms with Gasteiger partial charge in [-0.15, -0.1) is 0 Å². The van der Waals surface area contributed by atoms with Gasteiger partial charge >= 0.3 is 0 Å². The van der Waals surface area contributed by atoms with Gasteiger partial charge in [0.05, 0.1) is 23.7 Å². The Labute approximate surface area is 145 Å². The van der Waals surface area contributed by atoms with E-state index in [2.05, 4.69) is 23.4 Å². The Morgan fingerprint density at radius 1 is 1.28 bits per heavy atom. The number of rotatable bonds is 3. The van der Waals surface area contributed by atoms with E-state index in [-0.39, 0.29) is 11.8 Å². The Morgan fingerprint density at radius 2 is 2.12 bits per heavy atom. The molecule has 0 radical (unpaired) electrons. The third kappa shape index (κ3) is 3.00. The molecule has 1 unspecified atom stereocenters. The molecule has 1 N–H and O–H groups in total. The summed E-state index contributed by atoms with van der Waals surface area (Å²) in [6.07, 6.45) is 0.756. The summed E-state index contributed by atoms with van der Waals surface area (Å²) in [6.45, 7) is 5.07. The van der Waals surface area contributed by atoms with Gasteiger partial charge in [0.25, 0.3) is 0 Å². The van der Waals surface area contributed by atoms with Crippen molar-refractivity contribution in [3.8, 4) is 5.82 Å². The van der Waals surface area contributed by atoms with E-state index in [9.17, 15) is 4.79 Å². The predicted octanol–water partition coefficient (Wildman–Crippen LogP) is 3.01. The quantitative estimate of drug-likeness (QED) is 0.798. The minimum atomic E-state index is -0.102. The first-order chi connectivity index (χ1) is 12.1. The molecule has 0 bridgehead atoms. The van der Waals surface area contributed by atoms with Crippen molar-refractivity contribution in [2.24, 2.45) is 5.92 Å². The number of fused-ring (bicyclic) bond motifs is 1. The van der Waals surface area contributed by atoms with Gasteiger partial charge in [-0.25, -0.2) is 4.98 Å². The summed E-state index contributed by atoms with van der Waals surface area (Å²) in [7, 11) is 0. The molecule has 0 saturated carbocycles. The molecule has 1 aliphatic heterocycles. The van der Waals surface area contributed by atoms with E-state index in [0.29, 0.717) is 24.8 Å². The standard InChI is InChI=1S/C19H20N4O2/c1-12-9-17(20-16-6-4-3-5-15(12)16)23-18(10-13(2)22-23)21-19(24)14-7-8-25-11-14/h3-6,9-10,14H,7-8,11H2,1-2H3,(H,21,24). The maximum atomic E-state index is 12.4. The van der Waals surface area contributed by atoms with Crippen molar-refractivity contribution >= 4 is 22.6 Å². The highest BCUT2D eigenvalue weighted by Crippen LogP contribution is 2.23. The van der Waals surface area contributed by atoms with E-state index in [1.165, 1.54) is 0 Å². The van der Waals surface area contributed by atoms with E-state index in [4.69, 9.17) is 9.72 Å². The largest absolute Gasteiger partial charge is 0.381 e. The Hall–Kier alpha value is -2.73. The Balaban J connectivity index is 1.72. The molecule has 1 saturated heterocycles. The van der Waals surface area contributed by atoms with Gasteiger partial charge in [0, 0.05) is 18.1 Å². The van der Waals surface area contributed by atoms with Gasteiger partial charge < -0.3 is 10.1 Å². The fraction of sp³-hybridized carbons (Fsp3) is 0.316. The summed E-state index contributed by atoms with van der Waals surface area (Å²) in [5, 5.41) is 8.61. The topological polar surface area (TPSA) is 69.0 Å². The van der Waals surface area contributed by atoms with Gasteiger partial charge in [0.15, 0.2) is 5.82 Å². The fourth-order valence-corrected chi connectivity index (χ4v) is 3.17. The molecule has 128 valence electrons. The van der Waals surface area contributed by atoms with Crippen LogP contribution in [0.15, 0.2) is 36.4 Å². The maximum Gasteiger partial charge on any atom is 0.231 e. The SMILES string of the molecule is Cc1cc(NC(=O)C2CCOC2)n(-c2cc(C)c3ccccc3n2)n1. The van der Waals surface area contributed by atoms with Gasteiger partial charge in [-0.1, -0.05) is 18.2 Å². The molecule has 1 aliphatic rings. The van der Waals surface area contributed by atoms with E-state index in [1.54, 1.807) is 4.68 Å². The van der Waals surface area contributed by atoms with Crippen molar-refractivity contribution in [1.29, 1.82) is 0 Å². The molecule has 1 fully saturated rings. The van der Waals surface area contributed by atoms with Crippen LogP contribution in [0.1, 0.15) is 17.7 Å². The average Bonchev–Trinajstić information content (AvgIpc) is 3.25. The van der Waals surface area contributed by atoms with Crippen molar-refractivity contribution in [1.82, 2.24) is 14.8 Å². The number of hydrogen-bond donors (Lipinski definition) is 1. The van der Waals surface area contributed by atoms with Crippen LogP contribution in [0.5, 0.6) is 0 Å². The number of carbonyl (C=O) groups excluding carboxylic acids is 1.